The summed E-state index contributed by atoms with van der Waals surface area (Å²) in [5.41, 5.74) is 3.73. The molecule has 2 aromatic carbocycles. The molecule has 2 aromatic rings. The Hall–Kier alpha value is -1.94. The minimum atomic E-state index is -1.01. The molecular weight excluding hydrogens is 282 g/mol. The van der Waals surface area contributed by atoms with Crippen LogP contribution in [0.2, 0.25) is 0 Å². The number of carbonyl (C=O) groups excluding carboxylic acids is 1. The maximum atomic E-state index is 12.8. The van der Waals surface area contributed by atoms with Crippen molar-refractivity contribution in [3.8, 4) is 0 Å². The van der Waals surface area contributed by atoms with Crippen molar-refractivity contribution in [1.82, 2.24) is 0 Å². The van der Waals surface area contributed by atoms with Gasteiger partial charge < -0.3 is 4.90 Å². The van der Waals surface area contributed by atoms with E-state index in [-0.39, 0.29) is 5.91 Å². The highest BCUT2D eigenvalue weighted by molar-refractivity contribution is 7.85. The lowest BCUT2D eigenvalue weighted by Crippen LogP contribution is -2.38. The molecule has 1 aliphatic rings. The number of rotatable bonds is 1. The first-order chi connectivity index (χ1) is 10.1. The molecule has 3 nitrogen and oxygen atoms in total. The van der Waals surface area contributed by atoms with E-state index in [9.17, 15) is 9.00 Å². The van der Waals surface area contributed by atoms with Gasteiger partial charge >= 0.3 is 0 Å². The first kappa shape index (κ1) is 14.0. The van der Waals surface area contributed by atoms with Gasteiger partial charge in [0.2, 0.25) is 0 Å². The van der Waals surface area contributed by atoms with Crippen molar-refractivity contribution in [2.24, 2.45) is 0 Å². The van der Waals surface area contributed by atoms with Crippen molar-refractivity contribution < 1.29 is 9.00 Å². The van der Waals surface area contributed by atoms with Gasteiger partial charge in [-0.3, -0.25) is 9.00 Å². The molecule has 0 radical (unpaired) electrons. The first-order valence-electron chi connectivity index (χ1n) is 6.94. The second-order valence-corrected chi connectivity index (χ2v) is 6.81. The van der Waals surface area contributed by atoms with Gasteiger partial charge in [-0.1, -0.05) is 18.2 Å². The van der Waals surface area contributed by atoms with Crippen LogP contribution in [0.5, 0.6) is 0 Å². The van der Waals surface area contributed by atoms with Crippen LogP contribution in [-0.2, 0) is 10.8 Å². The second kappa shape index (κ2) is 5.45. The third-order valence-corrected chi connectivity index (χ3v) is 5.29. The van der Waals surface area contributed by atoms with Gasteiger partial charge in [-0.2, -0.15) is 0 Å². The Morgan fingerprint density at radius 2 is 1.86 bits per heavy atom. The summed E-state index contributed by atoms with van der Waals surface area (Å²) in [7, 11) is -1.01. The number of amides is 1. The molecule has 1 aliphatic heterocycles. The van der Waals surface area contributed by atoms with E-state index in [2.05, 4.69) is 0 Å². The van der Waals surface area contributed by atoms with Crippen molar-refractivity contribution >= 4 is 22.4 Å². The van der Waals surface area contributed by atoms with Gasteiger partial charge in [-0.05, 0) is 49.2 Å². The number of aryl methyl sites for hydroxylation is 2. The lowest BCUT2D eigenvalue weighted by atomic mass is 10.1. The zero-order chi connectivity index (χ0) is 15.0. The van der Waals surface area contributed by atoms with Crippen LogP contribution in [-0.4, -0.2) is 22.4 Å². The highest BCUT2D eigenvalue weighted by atomic mass is 32.2. The summed E-state index contributed by atoms with van der Waals surface area (Å²) in [6, 6.07) is 13.2. The number of hydrogen-bond acceptors (Lipinski definition) is 2. The molecule has 0 aliphatic carbocycles. The normalized spacial score (nSPS) is 17.4. The summed E-state index contributed by atoms with van der Waals surface area (Å²) in [6.07, 6.45) is 0. The molecule has 1 amide bonds. The zero-order valence-electron chi connectivity index (χ0n) is 12.1. The average Bonchev–Trinajstić information content (AvgIpc) is 2.50. The number of carbonyl (C=O) groups is 1. The van der Waals surface area contributed by atoms with Crippen molar-refractivity contribution in [2.75, 3.05) is 17.2 Å². The quantitative estimate of drug-likeness (QED) is 0.811. The molecule has 1 heterocycles. The molecule has 21 heavy (non-hydrogen) atoms. The molecule has 0 saturated heterocycles. The van der Waals surface area contributed by atoms with Gasteiger partial charge in [0.1, 0.15) is 0 Å². The minimum Gasteiger partial charge on any atom is -0.306 e. The van der Waals surface area contributed by atoms with Crippen molar-refractivity contribution in [3.05, 3.63) is 59.2 Å². The maximum absolute atomic E-state index is 12.8. The van der Waals surface area contributed by atoms with Crippen LogP contribution in [0, 0.1) is 13.8 Å². The van der Waals surface area contributed by atoms with E-state index in [1.54, 1.807) is 4.90 Å². The predicted octanol–water partition coefficient (Wildman–Crippen LogP) is 3.07. The zero-order valence-corrected chi connectivity index (χ0v) is 12.9. The fourth-order valence-electron chi connectivity index (χ4n) is 2.52. The van der Waals surface area contributed by atoms with Crippen molar-refractivity contribution in [3.63, 3.8) is 0 Å². The summed E-state index contributed by atoms with van der Waals surface area (Å²) < 4.78 is 12.1. The van der Waals surface area contributed by atoms with E-state index in [1.165, 1.54) is 5.56 Å². The van der Waals surface area contributed by atoms with Crippen LogP contribution in [0.3, 0.4) is 0 Å². The predicted molar refractivity (Wildman–Crippen MR) is 85.3 cm³/mol. The highest BCUT2D eigenvalue weighted by Gasteiger charge is 2.27. The monoisotopic (exact) mass is 299 g/mol. The van der Waals surface area contributed by atoms with Crippen LogP contribution in [0.4, 0.5) is 5.69 Å². The topological polar surface area (TPSA) is 37.4 Å². The van der Waals surface area contributed by atoms with Gasteiger partial charge in [-0.25, -0.2) is 0 Å². The lowest BCUT2D eigenvalue weighted by Gasteiger charge is -2.29. The summed E-state index contributed by atoms with van der Waals surface area (Å²) in [5, 5.41) is 0. The van der Waals surface area contributed by atoms with Gasteiger partial charge in [0, 0.05) is 17.9 Å². The Morgan fingerprint density at radius 3 is 2.62 bits per heavy atom. The lowest BCUT2D eigenvalue weighted by molar-refractivity contribution is 0.0987. The Bertz CT molecular complexity index is 739. The van der Waals surface area contributed by atoms with E-state index in [1.807, 2.05) is 56.3 Å². The molecule has 0 N–H and O–H groups in total. The molecule has 4 heteroatoms. The summed E-state index contributed by atoms with van der Waals surface area (Å²) >= 11 is 0. The Kier molecular flexibility index (Phi) is 3.64. The van der Waals surface area contributed by atoms with Gasteiger partial charge in [-0.15, -0.1) is 0 Å². The standard InChI is InChI=1S/C17H17NO2S/c1-12-7-8-14(11-13(12)2)17(19)18-9-10-21(20)16-6-4-3-5-15(16)18/h3-8,11H,9-10H2,1-2H3. The number of hydrogen-bond donors (Lipinski definition) is 0. The van der Waals surface area contributed by atoms with Crippen LogP contribution in [0.15, 0.2) is 47.4 Å². The molecule has 1 atom stereocenters. The molecule has 1 unspecified atom stereocenters. The van der Waals surface area contributed by atoms with Crippen LogP contribution < -0.4 is 4.90 Å². The van der Waals surface area contributed by atoms with E-state index >= 15 is 0 Å². The third kappa shape index (κ3) is 2.51. The highest BCUT2D eigenvalue weighted by Crippen LogP contribution is 2.29. The maximum Gasteiger partial charge on any atom is 0.258 e. The number of para-hydroxylation sites is 1. The number of benzene rings is 2. The number of anilines is 1. The van der Waals surface area contributed by atoms with Gasteiger partial charge in [0.25, 0.3) is 5.91 Å². The fourth-order valence-corrected chi connectivity index (χ4v) is 3.73. The molecule has 3 rings (SSSR count). The third-order valence-electron chi connectivity index (χ3n) is 3.90. The van der Waals surface area contributed by atoms with Crippen LogP contribution in [0.1, 0.15) is 21.5 Å². The van der Waals surface area contributed by atoms with E-state index in [0.29, 0.717) is 17.9 Å². The van der Waals surface area contributed by atoms with Gasteiger partial charge in [0.15, 0.2) is 0 Å². The van der Waals surface area contributed by atoms with Crippen molar-refractivity contribution in [2.45, 2.75) is 18.7 Å². The minimum absolute atomic E-state index is 0.0257. The van der Waals surface area contributed by atoms with E-state index in [4.69, 9.17) is 0 Å². The van der Waals surface area contributed by atoms with E-state index in [0.717, 1.165) is 16.1 Å². The van der Waals surface area contributed by atoms with Gasteiger partial charge in [0.05, 0.1) is 21.4 Å². The Balaban J connectivity index is 2.01. The second-order valence-electron chi connectivity index (χ2n) is 5.27. The SMILES string of the molecule is Cc1ccc(C(=O)N2CCS(=O)c3ccccc32)cc1C. The Labute approximate surface area is 127 Å². The number of fused-ring (bicyclic) bond motifs is 1. The average molecular weight is 299 g/mol. The molecule has 0 bridgehead atoms. The fraction of sp³-hybridized carbons (Fsp3) is 0.235. The molecular formula is C17H17NO2S. The smallest absolute Gasteiger partial charge is 0.258 e. The number of nitrogens with zero attached hydrogens (tertiary/aromatic N) is 1. The molecule has 0 aromatic heterocycles. The largest absolute Gasteiger partial charge is 0.306 e. The molecule has 0 fully saturated rings. The van der Waals surface area contributed by atoms with Crippen LogP contribution >= 0.6 is 0 Å². The van der Waals surface area contributed by atoms with Crippen molar-refractivity contribution in [1.29, 1.82) is 0 Å². The van der Waals surface area contributed by atoms with Crippen LogP contribution in [0.25, 0.3) is 0 Å². The molecule has 0 spiro atoms. The van der Waals surface area contributed by atoms with E-state index < -0.39 is 10.8 Å². The first-order valence-corrected chi connectivity index (χ1v) is 8.26. The Morgan fingerprint density at radius 1 is 1.10 bits per heavy atom. The molecule has 108 valence electrons. The summed E-state index contributed by atoms with van der Waals surface area (Å²) in [6.45, 7) is 4.53. The summed E-state index contributed by atoms with van der Waals surface area (Å²) in [5.74, 6) is 0.468. The molecule has 0 saturated carbocycles. The summed E-state index contributed by atoms with van der Waals surface area (Å²) in [4.78, 5) is 15.2.